The second-order valence-corrected chi connectivity index (χ2v) is 5.01. The smallest absolute Gasteiger partial charge is 0.167 e. The monoisotopic (exact) mass is 269 g/mol. The Morgan fingerprint density at radius 1 is 1.16 bits per heavy atom. The molecular weight excluding hydrogens is 258 g/mol. The van der Waals surface area contributed by atoms with Crippen LogP contribution in [0.1, 0.15) is 16.1 Å². The number of aromatic nitrogens is 1. The minimum absolute atomic E-state index is 0.650. The predicted octanol–water partition coefficient (Wildman–Crippen LogP) is 4.38. The van der Waals surface area contributed by atoms with E-state index in [-0.39, 0.29) is 0 Å². The topological polar surface area (TPSA) is 21.5 Å². The van der Waals surface area contributed by atoms with Gasteiger partial charge in [0.25, 0.3) is 0 Å². The van der Waals surface area contributed by atoms with Crippen molar-refractivity contribution in [2.75, 3.05) is 0 Å². The zero-order valence-corrected chi connectivity index (χ0v) is 11.2. The number of pyridine rings is 1. The largest absolute Gasteiger partial charge is 0.314 e. The molecule has 0 aliphatic heterocycles. The van der Waals surface area contributed by atoms with Crippen LogP contribution in [0.2, 0.25) is 5.02 Å². The highest BCUT2D eigenvalue weighted by atomic mass is 35.5. The first-order valence-corrected chi connectivity index (χ1v) is 6.39. The van der Waals surface area contributed by atoms with Gasteiger partial charge in [-0.05, 0) is 48.4 Å². The maximum absolute atomic E-state index is 11.4. The third kappa shape index (κ3) is 2.04. The molecule has 2 aromatic heterocycles. The number of hydrogen-bond donors (Lipinski definition) is 0. The summed E-state index contributed by atoms with van der Waals surface area (Å²) in [5.74, 6) is 0. The van der Waals surface area contributed by atoms with E-state index >= 15 is 0 Å². The summed E-state index contributed by atoms with van der Waals surface area (Å²) in [7, 11) is 0. The minimum Gasteiger partial charge on any atom is -0.314 e. The Bertz CT molecular complexity index is 774. The van der Waals surface area contributed by atoms with Gasteiger partial charge in [-0.15, -0.1) is 0 Å². The molecule has 0 spiro atoms. The van der Waals surface area contributed by atoms with E-state index in [0.29, 0.717) is 10.7 Å². The number of halogens is 1. The van der Waals surface area contributed by atoms with Crippen molar-refractivity contribution in [3.8, 4) is 11.1 Å². The van der Waals surface area contributed by atoms with E-state index in [2.05, 4.69) is 6.07 Å². The van der Waals surface area contributed by atoms with Crippen LogP contribution in [-0.2, 0) is 0 Å². The second kappa shape index (κ2) is 4.56. The summed E-state index contributed by atoms with van der Waals surface area (Å²) in [5.41, 5.74) is 4.69. The van der Waals surface area contributed by atoms with Gasteiger partial charge in [-0.3, -0.25) is 4.79 Å². The summed E-state index contributed by atoms with van der Waals surface area (Å²) in [6.45, 7) is 2.03. The molecule has 0 bridgehead atoms. The highest BCUT2D eigenvalue weighted by Gasteiger charge is 2.11. The number of carbonyl (C=O) groups excluding carboxylic acids is 1. The van der Waals surface area contributed by atoms with Gasteiger partial charge >= 0.3 is 0 Å². The molecule has 0 N–H and O–H groups in total. The first kappa shape index (κ1) is 12.0. The fourth-order valence-electron chi connectivity index (χ4n) is 2.32. The van der Waals surface area contributed by atoms with E-state index in [9.17, 15) is 4.79 Å². The number of fused-ring (bicyclic) bond motifs is 1. The van der Waals surface area contributed by atoms with Crippen molar-refractivity contribution in [3.63, 3.8) is 0 Å². The molecule has 0 atom stereocenters. The molecule has 2 nitrogen and oxygen atoms in total. The molecule has 19 heavy (non-hydrogen) atoms. The van der Waals surface area contributed by atoms with Crippen molar-refractivity contribution in [1.82, 2.24) is 4.40 Å². The molecule has 0 fully saturated rings. The van der Waals surface area contributed by atoms with E-state index < -0.39 is 0 Å². The molecule has 3 rings (SSSR count). The molecule has 0 aliphatic carbocycles. The van der Waals surface area contributed by atoms with E-state index in [4.69, 9.17) is 11.6 Å². The van der Waals surface area contributed by atoms with Crippen LogP contribution in [0.5, 0.6) is 0 Å². The first-order chi connectivity index (χ1) is 9.19. The zero-order valence-electron chi connectivity index (χ0n) is 10.4. The molecule has 3 aromatic rings. The minimum atomic E-state index is 0.650. The summed E-state index contributed by atoms with van der Waals surface area (Å²) in [6, 6.07) is 13.6. The number of rotatable bonds is 2. The number of nitrogens with zero attached hydrogens (tertiary/aromatic N) is 1. The van der Waals surface area contributed by atoms with Crippen LogP contribution in [0, 0.1) is 6.92 Å². The van der Waals surface area contributed by atoms with E-state index in [0.717, 1.165) is 22.9 Å². The average molecular weight is 270 g/mol. The average Bonchev–Trinajstić information content (AvgIpc) is 2.76. The Kier molecular flexibility index (Phi) is 2.88. The highest BCUT2D eigenvalue weighted by Crippen LogP contribution is 2.28. The Hall–Kier alpha value is -2.06. The van der Waals surface area contributed by atoms with Gasteiger partial charge in [0.1, 0.15) is 0 Å². The summed E-state index contributed by atoms with van der Waals surface area (Å²) >= 11 is 6.02. The van der Waals surface area contributed by atoms with E-state index in [1.165, 1.54) is 5.56 Å². The summed E-state index contributed by atoms with van der Waals surface area (Å²) in [6.07, 6.45) is 2.81. The van der Waals surface area contributed by atoms with Crippen molar-refractivity contribution < 1.29 is 4.79 Å². The van der Waals surface area contributed by atoms with Crippen molar-refractivity contribution in [2.45, 2.75) is 6.92 Å². The third-order valence-corrected chi connectivity index (χ3v) is 3.45. The molecule has 0 amide bonds. The quantitative estimate of drug-likeness (QED) is 0.633. The number of aryl methyl sites for hydroxylation is 1. The number of aldehydes is 1. The molecule has 0 radical (unpaired) electrons. The van der Waals surface area contributed by atoms with Crippen molar-refractivity contribution >= 4 is 23.4 Å². The molecule has 2 heterocycles. The standard InChI is InChI=1S/C16H12ClNO/c1-11-5-6-18-14(7-11)9-15(16(18)10-19)12-3-2-4-13(17)8-12/h2-10H,1H3. The summed E-state index contributed by atoms with van der Waals surface area (Å²) in [5, 5.41) is 0.667. The van der Waals surface area contributed by atoms with Crippen LogP contribution < -0.4 is 0 Å². The van der Waals surface area contributed by atoms with Gasteiger partial charge in [0.15, 0.2) is 6.29 Å². The van der Waals surface area contributed by atoms with Gasteiger partial charge in [-0.25, -0.2) is 0 Å². The normalized spacial score (nSPS) is 10.8. The molecule has 1 aromatic carbocycles. The molecular formula is C16H12ClNO. The molecule has 94 valence electrons. The van der Waals surface area contributed by atoms with Gasteiger partial charge in [0.2, 0.25) is 0 Å². The van der Waals surface area contributed by atoms with Crippen LogP contribution in [0.3, 0.4) is 0 Å². The molecule has 0 saturated heterocycles. The Morgan fingerprint density at radius 2 is 2.00 bits per heavy atom. The van der Waals surface area contributed by atoms with E-state index in [1.54, 1.807) is 0 Å². The van der Waals surface area contributed by atoms with Gasteiger partial charge in [-0.1, -0.05) is 23.7 Å². The Morgan fingerprint density at radius 3 is 2.74 bits per heavy atom. The SMILES string of the molecule is Cc1ccn2c(C=O)c(-c3cccc(Cl)c3)cc2c1. The predicted molar refractivity (Wildman–Crippen MR) is 78.0 cm³/mol. The molecule has 0 aliphatic rings. The fourth-order valence-corrected chi connectivity index (χ4v) is 2.51. The third-order valence-electron chi connectivity index (χ3n) is 3.22. The molecule has 0 unspecified atom stereocenters. The van der Waals surface area contributed by atoms with Gasteiger partial charge in [0.05, 0.1) is 5.69 Å². The number of benzene rings is 1. The maximum Gasteiger partial charge on any atom is 0.167 e. The lowest BCUT2D eigenvalue weighted by Crippen LogP contribution is -1.92. The van der Waals surface area contributed by atoms with Crippen molar-refractivity contribution in [3.05, 3.63) is 64.9 Å². The van der Waals surface area contributed by atoms with Crippen LogP contribution >= 0.6 is 11.6 Å². The number of hydrogen-bond acceptors (Lipinski definition) is 1. The Labute approximate surface area is 116 Å². The Balaban J connectivity index is 2.31. The molecule has 0 saturated carbocycles. The van der Waals surface area contributed by atoms with Gasteiger partial charge in [0, 0.05) is 22.3 Å². The second-order valence-electron chi connectivity index (χ2n) is 4.57. The van der Waals surface area contributed by atoms with Crippen molar-refractivity contribution in [1.29, 1.82) is 0 Å². The first-order valence-electron chi connectivity index (χ1n) is 6.02. The van der Waals surface area contributed by atoms with E-state index in [1.807, 2.05) is 53.9 Å². The highest BCUT2D eigenvalue weighted by molar-refractivity contribution is 6.30. The lowest BCUT2D eigenvalue weighted by atomic mass is 10.1. The van der Waals surface area contributed by atoms with Crippen molar-refractivity contribution in [2.24, 2.45) is 0 Å². The zero-order chi connectivity index (χ0) is 13.4. The van der Waals surface area contributed by atoms with Gasteiger partial charge < -0.3 is 4.40 Å². The summed E-state index contributed by atoms with van der Waals surface area (Å²) in [4.78, 5) is 11.4. The van der Waals surface area contributed by atoms with Crippen LogP contribution in [-0.4, -0.2) is 10.7 Å². The van der Waals surface area contributed by atoms with Gasteiger partial charge in [-0.2, -0.15) is 0 Å². The maximum atomic E-state index is 11.4. The lowest BCUT2D eigenvalue weighted by Gasteiger charge is -2.01. The van der Waals surface area contributed by atoms with Crippen LogP contribution in [0.4, 0.5) is 0 Å². The number of carbonyl (C=O) groups is 1. The fraction of sp³-hybridized carbons (Fsp3) is 0.0625. The molecule has 3 heteroatoms. The van der Waals surface area contributed by atoms with Crippen LogP contribution in [0.15, 0.2) is 48.7 Å². The van der Waals surface area contributed by atoms with Crippen LogP contribution in [0.25, 0.3) is 16.6 Å². The lowest BCUT2D eigenvalue weighted by molar-refractivity contribution is 0.111. The summed E-state index contributed by atoms with van der Waals surface area (Å²) < 4.78 is 1.90.